The zero-order chi connectivity index (χ0) is 24.3. The third-order valence-electron chi connectivity index (χ3n) is 6.94. The molecule has 0 radical (unpaired) electrons. The van der Waals surface area contributed by atoms with Crippen LogP contribution in [0.15, 0.2) is 124 Å². The van der Waals surface area contributed by atoms with Gasteiger partial charge in [-0.1, -0.05) is 42.5 Å². The van der Waals surface area contributed by atoms with Crippen molar-refractivity contribution in [3.8, 4) is 0 Å². The molecule has 0 spiro atoms. The molecule has 8 aromatic rings. The van der Waals surface area contributed by atoms with Crippen molar-refractivity contribution in [3.63, 3.8) is 0 Å². The van der Waals surface area contributed by atoms with E-state index in [1.807, 2.05) is 42.5 Å². The van der Waals surface area contributed by atoms with Crippen molar-refractivity contribution in [2.45, 2.75) is 0 Å². The molecule has 0 saturated heterocycles. The van der Waals surface area contributed by atoms with Gasteiger partial charge in [-0.3, -0.25) is 9.88 Å². The molecule has 4 heterocycles. The van der Waals surface area contributed by atoms with E-state index in [0.717, 1.165) is 61.2 Å². The van der Waals surface area contributed by atoms with E-state index in [-0.39, 0.29) is 0 Å². The zero-order valence-electron chi connectivity index (χ0n) is 19.6. The summed E-state index contributed by atoms with van der Waals surface area (Å²) in [5.74, 6) is 0.808. The fraction of sp³-hybridized carbons (Fsp3) is 0. The Balaban J connectivity index is 1.40. The molecule has 4 aromatic carbocycles. The smallest absolute Gasteiger partial charge is 0.154 e. The first-order valence-corrected chi connectivity index (χ1v) is 12.2. The molecule has 0 bridgehead atoms. The van der Waals surface area contributed by atoms with E-state index in [1.54, 1.807) is 12.4 Å². The van der Waals surface area contributed by atoms with E-state index in [0.29, 0.717) is 0 Å². The van der Waals surface area contributed by atoms with Gasteiger partial charge < -0.3 is 8.83 Å². The van der Waals surface area contributed by atoms with Gasteiger partial charge in [-0.05, 0) is 71.4 Å². The first-order valence-electron chi connectivity index (χ1n) is 12.2. The molecule has 0 fully saturated rings. The summed E-state index contributed by atoms with van der Waals surface area (Å²) in [4.78, 5) is 11.5. The van der Waals surface area contributed by atoms with E-state index in [4.69, 9.17) is 13.8 Å². The summed E-state index contributed by atoms with van der Waals surface area (Å²) in [5.41, 5.74) is 6.06. The van der Waals surface area contributed by atoms with Crippen molar-refractivity contribution in [3.05, 3.63) is 116 Å². The second kappa shape index (κ2) is 7.67. The molecule has 37 heavy (non-hydrogen) atoms. The predicted octanol–water partition coefficient (Wildman–Crippen LogP) is 8.90. The summed E-state index contributed by atoms with van der Waals surface area (Å²) in [6.07, 6.45) is 3.56. The van der Waals surface area contributed by atoms with Crippen LogP contribution in [0.4, 0.5) is 17.2 Å². The number of furan rings is 2. The van der Waals surface area contributed by atoms with Gasteiger partial charge in [0, 0.05) is 33.7 Å². The topological polar surface area (TPSA) is 55.3 Å². The van der Waals surface area contributed by atoms with Crippen molar-refractivity contribution in [2.75, 3.05) is 4.90 Å². The quantitative estimate of drug-likeness (QED) is 0.254. The van der Waals surface area contributed by atoms with E-state index < -0.39 is 0 Å². The van der Waals surface area contributed by atoms with Crippen LogP contribution in [0.1, 0.15) is 0 Å². The van der Waals surface area contributed by atoms with Crippen molar-refractivity contribution in [1.29, 1.82) is 0 Å². The molecule has 0 unspecified atom stereocenters. The molecule has 0 amide bonds. The van der Waals surface area contributed by atoms with Crippen LogP contribution in [-0.4, -0.2) is 9.97 Å². The molecular weight excluding hydrogens is 458 g/mol. The van der Waals surface area contributed by atoms with Crippen molar-refractivity contribution in [2.24, 2.45) is 0 Å². The maximum absolute atomic E-state index is 6.05. The monoisotopic (exact) mass is 477 g/mol. The minimum atomic E-state index is 0.771. The van der Waals surface area contributed by atoms with Gasteiger partial charge in [0.2, 0.25) is 0 Å². The van der Waals surface area contributed by atoms with Gasteiger partial charge in [-0.2, -0.15) is 0 Å². The van der Waals surface area contributed by atoms with Gasteiger partial charge in [0.25, 0.3) is 0 Å². The molecule has 0 atom stereocenters. The number of hydrogen-bond acceptors (Lipinski definition) is 5. The Morgan fingerprint density at radius 1 is 0.541 bits per heavy atom. The lowest BCUT2D eigenvalue weighted by Crippen LogP contribution is -2.11. The van der Waals surface area contributed by atoms with Crippen LogP contribution >= 0.6 is 0 Å². The van der Waals surface area contributed by atoms with Crippen molar-refractivity contribution < 1.29 is 8.83 Å². The van der Waals surface area contributed by atoms with Gasteiger partial charge in [0.15, 0.2) is 11.2 Å². The third-order valence-corrected chi connectivity index (χ3v) is 6.94. The number of hydrogen-bond donors (Lipinski definition) is 0. The Morgan fingerprint density at radius 2 is 1.30 bits per heavy atom. The van der Waals surface area contributed by atoms with Crippen LogP contribution in [0.3, 0.4) is 0 Å². The molecule has 0 aliphatic heterocycles. The molecule has 174 valence electrons. The van der Waals surface area contributed by atoms with Gasteiger partial charge in [0.1, 0.15) is 22.5 Å². The largest absolute Gasteiger partial charge is 0.454 e. The molecular formula is C32H19N3O2. The molecule has 0 saturated carbocycles. The molecule has 0 aliphatic rings. The van der Waals surface area contributed by atoms with E-state index in [2.05, 4.69) is 70.5 Å². The summed E-state index contributed by atoms with van der Waals surface area (Å²) in [6, 6.07) is 35.2. The Kier molecular flexibility index (Phi) is 4.16. The van der Waals surface area contributed by atoms with Crippen LogP contribution < -0.4 is 4.90 Å². The van der Waals surface area contributed by atoms with Gasteiger partial charge >= 0.3 is 0 Å². The number of benzene rings is 4. The Bertz CT molecular complexity index is 2010. The second-order valence-electron chi connectivity index (χ2n) is 9.14. The summed E-state index contributed by atoms with van der Waals surface area (Å²) < 4.78 is 12.1. The van der Waals surface area contributed by atoms with Crippen LogP contribution in [0.25, 0.3) is 54.8 Å². The number of fused-ring (bicyclic) bond motifs is 7. The highest BCUT2D eigenvalue weighted by molar-refractivity contribution is 6.07. The fourth-order valence-corrected chi connectivity index (χ4v) is 5.19. The lowest BCUT2D eigenvalue weighted by molar-refractivity contribution is 0.667. The number of pyridine rings is 2. The minimum absolute atomic E-state index is 0.771. The minimum Gasteiger partial charge on any atom is -0.454 e. The Hall–Kier alpha value is -5.16. The highest BCUT2D eigenvalue weighted by Crippen LogP contribution is 2.40. The van der Waals surface area contributed by atoms with Crippen molar-refractivity contribution in [1.82, 2.24) is 9.97 Å². The maximum Gasteiger partial charge on any atom is 0.154 e. The molecule has 0 N–H and O–H groups in total. The predicted molar refractivity (Wildman–Crippen MR) is 149 cm³/mol. The first kappa shape index (κ1) is 20.1. The lowest BCUT2D eigenvalue weighted by Gasteiger charge is -2.24. The van der Waals surface area contributed by atoms with Crippen LogP contribution in [0.2, 0.25) is 0 Å². The number of anilines is 3. The molecule has 8 rings (SSSR count). The normalized spacial score (nSPS) is 11.8. The van der Waals surface area contributed by atoms with Crippen molar-refractivity contribution >= 4 is 72.0 Å². The number of aromatic nitrogens is 2. The molecule has 5 heteroatoms. The average Bonchev–Trinajstić information content (AvgIpc) is 3.51. The van der Waals surface area contributed by atoms with E-state index >= 15 is 0 Å². The van der Waals surface area contributed by atoms with Crippen LogP contribution in [0, 0.1) is 0 Å². The third kappa shape index (κ3) is 3.11. The lowest BCUT2D eigenvalue weighted by atomic mass is 10.1. The zero-order valence-corrected chi connectivity index (χ0v) is 19.6. The van der Waals surface area contributed by atoms with Gasteiger partial charge in [0.05, 0.1) is 6.20 Å². The number of rotatable bonds is 3. The van der Waals surface area contributed by atoms with Gasteiger partial charge in [-0.15, -0.1) is 0 Å². The standard InChI is InChI=1S/C32H19N3O2/c1-2-6-21-17-22(10-9-20(21)5-1)35(23-11-12-28-26(18-23)24-15-16-33-19-30(24)37-28)31-14-13-29-32(34-31)25-7-3-4-8-27(25)36-29/h1-19H. The Labute approximate surface area is 211 Å². The van der Waals surface area contributed by atoms with Crippen LogP contribution in [0.5, 0.6) is 0 Å². The van der Waals surface area contributed by atoms with Crippen LogP contribution in [-0.2, 0) is 0 Å². The summed E-state index contributed by atoms with van der Waals surface area (Å²) in [5, 5.41) is 5.44. The molecule has 4 aromatic heterocycles. The highest BCUT2D eigenvalue weighted by atomic mass is 16.3. The maximum atomic E-state index is 6.05. The highest BCUT2D eigenvalue weighted by Gasteiger charge is 2.19. The summed E-state index contributed by atoms with van der Waals surface area (Å²) >= 11 is 0. The number of para-hydroxylation sites is 1. The summed E-state index contributed by atoms with van der Waals surface area (Å²) in [6.45, 7) is 0. The van der Waals surface area contributed by atoms with E-state index in [1.165, 1.54) is 10.8 Å². The molecule has 5 nitrogen and oxygen atoms in total. The van der Waals surface area contributed by atoms with Gasteiger partial charge in [-0.25, -0.2) is 4.98 Å². The fourth-order valence-electron chi connectivity index (χ4n) is 5.19. The number of nitrogens with zero attached hydrogens (tertiary/aromatic N) is 3. The Morgan fingerprint density at radius 3 is 2.27 bits per heavy atom. The average molecular weight is 478 g/mol. The van der Waals surface area contributed by atoms with E-state index in [9.17, 15) is 0 Å². The summed E-state index contributed by atoms with van der Waals surface area (Å²) in [7, 11) is 0. The second-order valence-corrected chi connectivity index (χ2v) is 9.14. The SMILES string of the molecule is c1ccc2cc(N(c3ccc4oc5cnccc5c4c3)c3ccc4oc5ccccc5c4n3)ccc2c1. The molecule has 0 aliphatic carbocycles. The first-order chi connectivity index (χ1) is 18.3.